The van der Waals surface area contributed by atoms with Gasteiger partial charge in [-0.3, -0.25) is 0 Å². The third kappa shape index (κ3) is 4.47. The summed E-state index contributed by atoms with van der Waals surface area (Å²) in [5.74, 6) is 0.194. The minimum Gasteiger partial charge on any atom is -0.394 e. The van der Waals surface area contributed by atoms with Crippen molar-refractivity contribution in [3.63, 3.8) is 0 Å². The predicted octanol–water partition coefficient (Wildman–Crippen LogP) is 1.80. The molecule has 1 atom stereocenters. The summed E-state index contributed by atoms with van der Waals surface area (Å²) >= 11 is 0. The van der Waals surface area contributed by atoms with E-state index < -0.39 is 10.0 Å². The minimum atomic E-state index is -3.53. The number of anilines is 1. The van der Waals surface area contributed by atoms with Gasteiger partial charge >= 0.3 is 0 Å². The SMILES string of the molecule is CCCNS(=O)(=O)c1ccccc1NC(CO)C(C)C. The third-order valence-corrected chi connectivity index (χ3v) is 4.58. The van der Waals surface area contributed by atoms with Crippen molar-refractivity contribution in [2.45, 2.75) is 38.1 Å². The highest BCUT2D eigenvalue weighted by Gasteiger charge is 2.20. The van der Waals surface area contributed by atoms with E-state index in [1.807, 2.05) is 20.8 Å². The second-order valence-corrected chi connectivity index (χ2v) is 6.81. The summed E-state index contributed by atoms with van der Waals surface area (Å²) in [5, 5.41) is 12.5. The third-order valence-electron chi connectivity index (χ3n) is 3.06. The number of aliphatic hydroxyl groups excluding tert-OH is 1. The van der Waals surface area contributed by atoms with Crippen molar-refractivity contribution in [3.8, 4) is 0 Å². The van der Waals surface area contributed by atoms with E-state index in [2.05, 4.69) is 10.0 Å². The van der Waals surface area contributed by atoms with Crippen LogP contribution in [0.4, 0.5) is 5.69 Å². The Bertz CT molecular complexity index is 515. The number of aliphatic hydroxyl groups is 1. The van der Waals surface area contributed by atoms with Crippen molar-refractivity contribution in [2.24, 2.45) is 5.92 Å². The normalized spacial score (nSPS) is 13.4. The van der Waals surface area contributed by atoms with Crippen molar-refractivity contribution in [1.82, 2.24) is 4.72 Å². The maximum absolute atomic E-state index is 12.2. The van der Waals surface area contributed by atoms with Gasteiger partial charge in [0.25, 0.3) is 0 Å². The lowest BCUT2D eigenvalue weighted by Crippen LogP contribution is -2.31. The topological polar surface area (TPSA) is 78.4 Å². The second-order valence-electron chi connectivity index (χ2n) is 5.07. The first kappa shape index (κ1) is 16.9. The van der Waals surface area contributed by atoms with Crippen LogP contribution in [0.1, 0.15) is 27.2 Å². The predicted molar refractivity (Wildman–Crippen MR) is 81.3 cm³/mol. The first-order chi connectivity index (χ1) is 9.42. The van der Waals surface area contributed by atoms with Crippen LogP contribution in [-0.4, -0.2) is 32.7 Å². The number of benzene rings is 1. The van der Waals surface area contributed by atoms with Gasteiger partial charge < -0.3 is 10.4 Å². The van der Waals surface area contributed by atoms with E-state index in [4.69, 9.17) is 0 Å². The van der Waals surface area contributed by atoms with E-state index in [9.17, 15) is 13.5 Å². The lowest BCUT2D eigenvalue weighted by molar-refractivity contribution is 0.249. The summed E-state index contributed by atoms with van der Waals surface area (Å²) in [7, 11) is -3.53. The molecule has 0 spiro atoms. The molecule has 0 saturated carbocycles. The lowest BCUT2D eigenvalue weighted by atomic mass is 10.1. The number of nitrogens with one attached hydrogen (secondary N) is 2. The van der Waals surface area contributed by atoms with E-state index in [1.54, 1.807) is 24.3 Å². The molecule has 0 aliphatic rings. The Morgan fingerprint density at radius 2 is 1.90 bits per heavy atom. The largest absolute Gasteiger partial charge is 0.394 e. The van der Waals surface area contributed by atoms with Crippen LogP contribution in [-0.2, 0) is 10.0 Å². The average molecular weight is 300 g/mol. The fourth-order valence-electron chi connectivity index (χ4n) is 1.76. The van der Waals surface area contributed by atoms with E-state index in [0.29, 0.717) is 12.2 Å². The number of hydrogen-bond donors (Lipinski definition) is 3. The van der Waals surface area contributed by atoms with Gasteiger partial charge in [-0.1, -0.05) is 32.9 Å². The second kappa shape index (κ2) is 7.61. The van der Waals surface area contributed by atoms with Crippen molar-refractivity contribution >= 4 is 15.7 Å². The molecule has 0 bridgehead atoms. The fraction of sp³-hybridized carbons (Fsp3) is 0.571. The zero-order chi connectivity index (χ0) is 15.2. The van der Waals surface area contributed by atoms with Crippen LogP contribution in [0, 0.1) is 5.92 Å². The van der Waals surface area contributed by atoms with Crippen molar-refractivity contribution in [2.75, 3.05) is 18.5 Å². The fourth-order valence-corrected chi connectivity index (χ4v) is 3.06. The first-order valence-electron chi connectivity index (χ1n) is 6.88. The van der Waals surface area contributed by atoms with Crippen LogP contribution >= 0.6 is 0 Å². The van der Waals surface area contributed by atoms with Gasteiger partial charge in [-0.15, -0.1) is 0 Å². The summed E-state index contributed by atoms with van der Waals surface area (Å²) in [5.41, 5.74) is 0.517. The molecule has 1 unspecified atom stereocenters. The molecule has 0 aliphatic heterocycles. The molecule has 6 heteroatoms. The monoisotopic (exact) mass is 300 g/mol. The van der Waals surface area contributed by atoms with Crippen LogP contribution < -0.4 is 10.0 Å². The Morgan fingerprint density at radius 3 is 2.45 bits per heavy atom. The number of sulfonamides is 1. The summed E-state index contributed by atoms with van der Waals surface area (Å²) in [6.45, 7) is 6.21. The molecule has 0 heterocycles. The first-order valence-corrected chi connectivity index (χ1v) is 8.36. The molecule has 0 aromatic heterocycles. The molecule has 1 aromatic carbocycles. The van der Waals surface area contributed by atoms with Crippen LogP contribution in [0.25, 0.3) is 0 Å². The molecule has 20 heavy (non-hydrogen) atoms. The Balaban J connectivity index is 3.05. The molecule has 1 aromatic rings. The van der Waals surface area contributed by atoms with Gasteiger partial charge in [0.05, 0.1) is 18.3 Å². The van der Waals surface area contributed by atoms with Crippen molar-refractivity contribution in [3.05, 3.63) is 24.3 Å². The quantitative estimate of drug-likeness (QED) is 0.684. The number of rotatable bonds is 8. The van der Waals surface area contributed by atoms with Crippen LogP contribution in [0.3, 0.4) is 0 Å². The van der Waals surface area contributed by atoms with E-state index in [0.717, 1.165) is 6.42 Å². The molecule has 0 fully saturated rings. The molecular weight excluding hydrogens is 276 g/mol. The molecule has 1 rings (SSSR count). The Morgan fingerprint density at radius 1 is 1.25 bits per heavy atom. The summed E-state index contributed by atoms with van der Waals surface area (Å²) < 4.78 is 27.0. The maximum Gasteiger partial charge on any atom is 0.242 e. The highest BCUT2D eigenvalue weighted by molar-refractivity contribution is 7.89. The van der Waals surface area contributed by atoms with Gasteiger partial charge in [-0.2, -0.15) is 0 Å². The molecule has 0 aliphatic carbocycles. The summed E-state index contributed by atoms with van der Waals surface area (Å²) in [6.07, 6.45) is 0.736. The van der Waals surface area contributed by atoms with Gasteiger partial charge in [0.15, 0.2) is 0 Å². The van der Waals surface area contributed by atoms with Crippen LogP contribution in [0.15, 0.2) is 29.2 Å². The maximum atomic E-state index is 12.2. The molecule has 3 N–H and O–H groups in total. The van der Waals surface area contributed by atoms with E-state index >= 15 is 0 Å². The molecule has 5 nitrogen and oxygen atoms in total. The van der Waals surface area contributed by atoms with Gasteiger partial charge in [0.2, 0.25) is 10.0 Å². The van der Waals surface area contributed by atoms with Gasteiger partial charge in [-0.25, -0.2) is 13.1 Å². The highest BCUT2D eigenvalue weighted by atomic mass is 32.2. The van der Waals surface area contributed by atoms with Crippen molar-refractivity contribution < 1.29 is 13.5 Å². The lowest BCUT2D eigenvalue weighted by Gasteiger charge is -2.23. The summed E-state index contributed by atoms with van der Waals surface area (Å²) in [6, 6.07) is 6.56. The number of hydrogen-bond acceptors (Lipinski definition) is 4. The average Bonchev–Trinajstić information content (AvgIpc) is 2.42. The molecular formula is C14H24N2O3S. The standard InChI is InChI=1S/C14H24N2O3S/c1-4-9-15-20(18,19)14-8-6-5-7-12(14)16-13(10-17)11(2)3/h5-8,11,13,15-17H,4,9-10H2,1-3H3. The molecule has 0 saturated heterocycles. The molecule has 0 amide bonds. The van der Waals surface area contributed by atoms with Crippen LogP contribution in [0.2, 0.25) is 0 Å². The van der Waals surface area contributed by atoms with Gasteiger partial charge in [0, 0.05) is 6.54 Å². The number of para-hydroxylation sites is 1. The smallest absolute Gasteiger partial charge is 0.242 e. The Kier molecular flexibility index (Phi) is 6.45. The Hall–Kier alpha value is -1.11. The highest BCUT2D eigenvalue weighted by Crippen LogP contribution is 2.22. The van der Waals surface area contributed by atoms with Crippen LogP contribution in [0.5, 0.6) is 0 Å². The van der Waals surface area contributed by atoms with E-state index in [1.165, 1.54) is 0 Å². The van der Waals surface area contributed by atoms with Gasteiger partial charge in [-0.05, 0) is 24.5 Å². The van der Waals surface area contributed by atoms with Crippen molar-refractivity contribution in [1.29, 1.82) is 0 Å². The zero-order valence-electron chi connectivity index (χ0n) is 12.3. The molecule has 0 radical (unpaired) electrons. The minimum absolute atomic E-state index is 0.0472. The zero-order valence-corrected chi connectivity index (χ0v) is 13.1. The molecule has 114 valence electrons. The Labute approximate surface area is 121 Å². The van der Waals surface area contributed by atoms with Gasteiger partial charge in [0.1, 0.15) is 4.90 Å². The summed E-state index contributed by atoms with van der Waals surface area (Å²) in [4.78, 5) is 0.215. The van der Waals surface area contributed by atoms with E-state index in [-0.39, 0.29) is 23.5 Å².